The van der Waals surface area contributed by atoms with Crippen molar-refractivity contribution in [2.45, 2.75) is 19.1 Å². The molecule has 5 nitrogen and oxygen atoms in total. The van der Waals surface area contributed by atoms with Crippen molar-refractivity contribution in [1.82, 2.24) is 4.90 Å². The molecular formula is C15H23NO4. The Hall–Kier alpha value is -1.30. The van der Waals surface area contributed by atoms with E-state index in [4.69, 9.17) is 14.2 Å². The van der Waals surface area contributed by atoms with Crippen LogP contribution in [0.1, 0.15) is 23.7 Å². The molecule has 0 fully saturated rings. The molecular weight excluding hydrogens is 258 g/mol. The van der Waals surface area contributed by atoms with Gasteiger partial charge in [-0.05, 0) is 18.6 Å². The Bertz CT molecular complexity index is 450. The third kappa shape index (κ3) is 3.06. The van der Waals surface area contributed by atoms with Crippen LogP contribution in [0.25, 0.3) is 0 Å². The molecule has 1 aromatic rings. The smallest absolute Gasteiger partial charge is 0.125 e. The van der Waals surface area contributed by atoms with Crippen LogP contribution >= 0.6 is 0 Å². The van der Waals surface area contributed by atoms with E-state index < -0.39 is 6.10 Å². The molecule has 20 heavy (non-hydrogen) atoms. The maximum atomic E-state index is 10.4. The molecule has 0 saturated carbocycles. The van der Waals surface area contributed by atoms with Crippen LogP contribution in [0.2, 0.25) is 0 Å². The highest BCUT2D eigenvalue weighted by molar-refractivity contribution is 5.51. The monoisotopic (exact) mass is 281 g/mol. The van der Waals surface area contributed by atoms with Crippen LogP contribution in [0.4, 0.5) is 0 Å². The first-order chi connectivity index (χ1) is 9.71. The minimum absolute atomic E-state index is 0.550. The normalized spacial score (nSPS) is 18.7. The molecule has 2 rings (SSSR count). The Morgan fingerprint density at radius 3 is 2.55 bits per heavy atom. The van der Waals surface area contributed by atoms with Gasteiger partial charge in [-0.15, -0.1) is 0 Å². The van der Waals surface area contributed by atoms with E-state index in [9.17, 15) is 5.11 Å². The van der Waals surface area contributed by atoms with Crippen molar-refractivity contribution in [3.63, 3.8) is 0 Å². The second kappa shape index (κ2) is 6.92. The summed E-state index contributed by atoms with van der Waals surface area (Å²) in [5.74, 6) is 1.53. The maximum Gasteiger partial charge on any atom is 0.125 e. The van der Waals surface area contributed by atoms with E-state index in [0.29, 0.717) is 6.54 Å². The molecule has 1 aromatic carbocycles. The molecule has 0 radical (unpaired) electrons. The van der Waals surface area contributed by atoms with Gasteiger partial charge in [-0.2, -0.15) is 0 Å². The molecule has 112 valence electrons. The van der Waals surface area contributed by atoms with E-state index in [-0.39, 0.29) is 0 Å². The van der Waals surface area contributed by atoms with E-state index in [1.165, 1.54) is 0 Å². The highest BCUT2D eigenvalue weighted by atomic mass is 16.5. The first-order valence-electron chi connectivity index (χ1n) is 6.84. The number of β-amino-alcohol motifs (C(OH)–C–C–N with tert-alkyl or cyclic N) is 1. The van der Waals surface area contributed by atoms with Crippen LogP contribution in [0, 0.1) is 0 Å². The van der Waals surface area contributed by atoms with E-state index >= 15 is 0 Å². The summed E-state index contributed by atoms with van der Waals surface area (Å²) >= 11 is 0. The Balaban J connectivity index is 2.23. The fourth-order valence-corrected chi connectivity index (χ4v) is 2.75. The van der Waals surface area contributed by atoms with Crippen molar-refractivity contribution in [3.05, 3.63) is 23.3 Å². The first kappa shape index (κ1) is 15.1. The second-order valence-corrected chi connectivity index (χ2v) is 4.96. The highest BCUT2D eigenvalue weighted by Gasteiger charge is 2.29. The highest BCUT2D eigenvalue weighted by Crippen LogP contribution is 2.39. The number of ether oxygens (including phenoxy) is 3. The van der Waals surface area contributed by atoms with Gasteiger partial charge in [-0.25, -0.2) is 0 Å². The van der Waals surface area contributed by atoms with Crippen LogP contribution in [0.5, 0.6) is 11.5 Å². The number of hydrogen-bond acceptors (Lipinski definition) is 5. The zero-order chi connectivity index (χ0) is 14.5. The van der Waals surface area contributed by atoms with Gasteiger partial charge in [0, 0.05) is 44.5 Å². The van der Waals surface area contributed by atoms with Crippen molar-refractivity contribution in [1.29, 1.82) is 0 Å². The molecule has 1 aliphatic heterocycles. The minimum atomic E-state index is -0.550. The number of benzene rings is 1. The van der Waals surface area contributed by atoms with Gasteiger partial charge >= 0.3 is 0 Å². The Labute approximate surface area is 120 Å². The zero-order valence-corrected chi connectivity index (χ0v) is 12.4. The summed E-state index contributed by atoms with van der Waals surface area (Å²) < 4.78 is 15.9. The lowest BCUT2D eigenvalue weighted by atomic mass is 9.95. The molecule has 1 heterocycles. The van der Waals surface area contributed by atoms with Gasteiger partial charge in [0.2, 0.25) is 0 Å². The lowest BCUT2D eigenvalue weighted by Gasteiger charge is -2.33. The predicted molar refractivity (Wildman–Crippen MR) is 76.3 cm³/mol. The number of methoxy groups -OCH3 is 3. The summed E-state index contributed by atoms with van der Waals surface area (Å²) in [6.45, 7) is 3.00. The van der Waals surface area contributed by atoms with Gasteiger partial charge < -0.3 is 19.3 Å². The minimum Gasteiger partial charge on any atom is -0.496 e. The second-order valence-electron chi connectivity index (χ2n) is 4.96. The van der Waals surface area contributed by atoms with E-state index in [1.54, 1.807) is 21.3 Å². The number of rotatable bonds is 6. The van der Waals surface area contributed by atoms with Crippen molar-refractivity contribution in [2.75, 3.05) is 41.0 Å². The molecule has 1 atom stereocenters. The lowest BCUT2D eigenvalue weighted by Crippen LogP contribution is -2.35. The molecule has 0 aromatic heterocycles. The first-order valence-corrected chi connectivity index (χ1v) is 6.84. The Morgan fingerprint density at radius 1 is 1.20 bits per heavy atom. The number of aliphatic hydroxyl groups excluding tert-OH is 1. The molecule has 0 unspecified atom stereocenters. The third-order valence-corrected chi connectivity index (χ3v) is 3.68. The Morgan fingerprint density at radius 2 is 1.90 bits per heavy atom. The standard InChI is InChI=1S/C15H23NO4/c1-18-8-4-7-16-9-11-13(19-2)5-6-14(20-3)15(11)12(17)10-16/h5-6,12,17H,4,7-10H2,1-3H3/t12-/m0/s1. The van der Waals surface area contributed by atoms with E-state index in [1.807, 2.05) is 12.1 Å². The van der Waals surface area contributed by atoms with Crippen LogP contribution in [0.3, 0.4) is 0 Å². The topological polar surface area (TPSA) is 51.2 Å². The van der Waals surface area contributed by atoms with Crippen LogP contribution in [-0.4, -0.2) is 51.0 Å². The fourth-order valence-electron chi connectivity index (χ4n) is 2.75. The summed E-state index contributed by atoms with van der Waals surface area (Å²) in [5, 5.41) is 10.4. The summed E-state index contributed by atoms with van der Waals surface area (Å²) in [6.07, 6.45) is 0.400. The summed E-state index contributed by atoms with van der Waals surface area (Å²) in [7, 11) is 4.98. The molecule has 1 aliphatic rings. The molecule has 0 aliphatic carbocycles. The van der Waals surface area contributed by atoms with Crippen molar-refractivity contribution in [3.8, 4) is 11.5 Å². The van der Waals surface area contributed by atoms with E-state index in [0.717, 1.165) is 48.7 Å². The van der Waals surface area contributed by atoms with Gasteiger partial charge in [0.1, 0.15) is 11.5 Å². The SMILES string of the molecule is COCCCN1Cc2c(OC)ccc(OC)c2[C@@H](O)C1. The molecule has 1 N–H and O–H groups in total. The van der Waals surface area contributed by atoms with Crippen molar-refractivity contribution >= 4 is 0 Å². The van der Waals surface area contributed by atoms with Gasteiger partial charge in [0.05, 0.1) is 20.3 Å². The fraction of sp³-hybridized carbons (Fsp3) is 0.600. The largest absolute Gasteiger partial charge is 0.496 e. The number of nitrogens with zero attached hydrogens (tertiary/aromatic N) is 1. The zero-order valence-electron chi connectivity index (χ0n) is 12.4. The maximum absolute atomic E-state index is 10.4. The van der Waals surface area contributed by atoms with Crippen molar-refractivity contribution in [2.24, 2.45) is 0 Å². The average Bonchev–Trinajstić information content (AvgIpc) is 2.46. The summed E-state index contributed by atoms with van der Waals surface area (Å²) in [4.78, 5) is 2.22. The van der Waals surface area contributed by atoms with Crippen LogP contribution in [0.15, 0.2) is 12.1 Å². The number of aliphatic hydroxyl groups is 1. The van der Waals surface area contributed by atoms with Gasteiger partial charge in [-0.1, -0.05) is 0 Å². The molecule has 5 heteroatoms. The molecule has 0 spiro atoms. The van der Waals surface area contributed by atoms with E-state index in [2.05, 4.69) is 4.90 Å². The Kier molecular flexibility index (Phi) is 5.23. The van der Waals surface area contributed by atoms with Gasteiger partial charge in [0.25, 0.3) is 0 Å². The summed E-state index contributed by atoms with van der Waals surface area (Å²) in [6, 6.07) is 3.74. The van der Waals surface area contributed by atoms with Gasteiger partial charge in [-0.3, -0.25) is 4.90 Å². The average molecular weight is 281 g/mol. The quantitative estimate of drug-likeness (QED) is 0.803. The number of fused-ring (bicyclic) bond motifs is 1. The molecule has 0 saturated heterocycles. The van der Waals surface area contributed by atoms with Crippen molar-refractivity contribution < 1.29 is 19.3 Å². The van der Waals surface area contributed by atoms with Crippen LogP contribution in [-0.2, 0) is 11.3 Å². The molecule has 0 bridgehead atoms. The van der Waals surface area contributed by atoms with Gasteiger partial charge in [0.15, 0.2) is 0 Å². The molecule has 0 amide bonds. The van der Waals surface area contributed by atoms with Crippen LogP contribution < -0.4 is 9.47 Å². The third-order valence-electron chi connectivity index (χ3n) is 3.68. The summed E-state index contributed by atoms with van der Waals surface area (Å²) in [5.41, 5.74) is 1.87. The lowest BCUT2D eigenvalue weighted by molar-refractivity contribution is 0.0811. The predicted octanol–water partition coefficient (Wildman–Crippen LogP) is 1.59. The number of hydrogen-bond donors (Lipinski definition) is 1.